The van der Waals surface area contributed by atoms with E-state index in [1.165, 1.54) is 6.07 Å². The lowest BCUT2D eigenvalue weighted by atomic mass is 10.1. The van der Waals surface area contributed by atoms with E-state index >= 15 is 0 Å². The predicted molar refractivity (Wildman–Crippen MR) is 128 cm³/mol. The van der Waals surface area contributed by atoms with Gasteiger partial charge in [-0.25, -0.2) is 4.39 Å². The van der Waals surface area contributed by atoms with Crippen LogP contribution in [-0.4, -0.2) is 32.0 Å². The van der Waals surface area contributed by atoms with Crippen molar-refractivity contribution in [2.24, 2.45) is 4.99 Å². The number of hydrogen-bond acceptors (Lipinski definition) is 2. The second-order valence-corrected chi connectivity index (χ2v) is 6.63. The Bertz CT molecular complexity index is 826. The summed E-state index contributed by atoms with van der Waals surface area (Å²) in [5.41, 5.74) is 3.71. The normalized spacial score (nSPS) is 10.8. The third-order valence-corrected chi connectivity index (χ3v) is 4.40. The largest absolute Gasteiger partial charge is 0.356 e. The molecule has 2 aromatic carbocycles. The van der Waals surface area contributed by atoms with Crippen molar-refractivity contribution in [1.82, 2.24) is 16.0 Å². The first kappa shape index (κ1) is 24.9. The summed E-state index contributed by atoms with van der Waals surface area (Å²) in [6.07, 6.45) is 1.69. The highest BCUT2D eigenvalue weighted by Crippen LogP contribution is 2.10. The molecule has 0 saturated carbocycles. The minimum atomic E-state index is -0.211. The average Bonchev–Trinajstić information content (AvgIpc) is 2.70. The van der Waals surface area contributed by atoms with Crippen LogP contribution < -0.4 is 16.0 Å². The maximum atomic E-state index is 13.2. The first-order chi connectivity index (χ1) is 13.5. The van der Waals surface area contributed by atoms with E-state index in [4.69, 9.17) is 0 Å². The molecule has 29 heavy (non-hydrogen) atoms. The Morgan fingerprint density at radius 2 is 1.86 bits per heavy atom. The number of carbonyl (C=O) groups excluding carboxylic acids is 1. The first-order valence-electron chi connectivity index (χ1n) is 9.60. The van der Waals surface area contributed by atoms with E-state index in [0.29, 0.717) is 31.2 Å². The van der Waals surface area contributed by atoms with Crippen LogP contribution in [0.15, 0.2) is 47.5 Å². The predicted octanol–water partition coefficient (Wildman–Crippen LogP) is 3.80. The fourth-order valence-corrected chi connectivity index (χ4v) is 2.82. The number of aliphatic imine (C=N–C) groups is 1. The summed E-state index contributed by atoms with van der Waals surface area (Å²) < 4.78 is 13.2. The number of nitrogens with one attached hydrogen (secondary N) is 3. The van der Waals surface area contributed by atoms with Crippen LogP contribution in [0.1, 0.15) is 40.4 Å². The lowest BCUT2D eigenvalue weighted by Gasteiger charge is -2.13. The van der Waals surface area contributed by atoms with Crippen LogP contribution in [-0.2, 0) is 13.0 Å². The Kier molecular flexibility index (Phi) is 11.3. The molecular weight excluding hydrogens is 482 g/mol. The summed E-state index contributed by atoms with van der Waals surface area (Å²) >= 11 is 0. The standard InChI is InChI=1S/C22H29FN4O.HI/c1-4-11-25-21(28)19-7-5-6-17(14-19)15-27-22(24-3)26-12-10-18-8-9-20(23)13-16(18)2;/h5-9,13-14H,4,10-12,15H2,1-3H3,(H,25,28)(H2,24,26,27);1H. The molecule has 3 N–H and O–H groups in total. The maximum absolute atomic E-state index is 13.2. The average molecular weight is 512 g/mol. The highest BCUT2D eigenvalue weighted by Gasteiger charge is 2.06. The molecule has 5 nitrogen and oxygen atoms in total. The lowest BCUT2D eigenvalue weighted by molar-refractivity contribution is 0.0953. The molecule has 0 aromatic heterocycles. The maximum Gasteiger partial charge on any atom is 0.251 e. The van der Waals surface area contributed by atoms with E-state index in [1.54, 1.807) is 13.1 Å². The van der Waals surface area contributed by atoms with Crippen molar-refractivity contribution in [2.45, 2.75) is 33.2 Å². The molecule has 0 fully saturated rings. The molecule has 0 spiro atoms. The number of amides is 1. The third-order valence-electron chi connectivity index (χ3n) is 4.40. The Balaban J connectivity index is 0.00000420. The number of halogens is 2. The van der Waals surface area contributed by atoms with Gasteiger partial charge in [0, 0.05) is 32.2 Å². The fraction of sp³-hybridized carbons (Fsp3) is 0.364. The zero-order valence-electron chi connectivity index (χ0n) is 17.2. The molecule has 0 atom stereocenters. The van der Waals surface area contributed by atoms with Crippen molar-refractivity contribution in [3.8, 4) is 0 Å². The summed E-state index contributed by atoms with van der Waals surface area (Å²) in [5, 5.41) is 9.40. The van der Waals surface area contributed by atoms with E-state index in [9.17, 15) is 9.18 Å². The van der Waals surface area contributed by atoms with Crippen molar-refractivity contribution in [1.29, 1.82) is 0 Å². The Morgan fingerprint density at radius 1 is 1.07 bits per heavy atom. The van der Waals surface area contributed by atoms with Crippen molar-refractivity contribution in [3.05, 3.63) is 70.5 Å². The fourth-order valence-electron chi connectivity index (χ4n) is 2.82. The van der Waals surface area contributed by atoms with Crippen LogP contribution in [0.2, 0.25) is 0 Å². The molecule has 0 bridgehead atoms. The van der Waals surface area contributed by atoms with Crippen LogP contribution in [0.5, 0.6) is 0 Å². The minimum absolute atomic E-state index is 0. The molecule has 2 rings (SSSR count). The van der Waals surface area contributed by atoms with Gasteiger partial charge in [-0.3, -0.25) is 9.79 Å². The summed E-state index contributed by atoms with van der Waals surface area (Å²) in [5.74, 6) is 0.416. The van der Waals surface area contributed by atoms with Crippen LogP contribution in [0, 0.1) is 12.7 Å². The van der Waals surface area contributed by atoms with Crippen LogP contribution in [0.4, 0.5) is 4.39 Å². The molecule has 1 amide bonds. The summed E-state index contributed by atoms with van der Waals surface area (Å²) in [7, 11) is 1.72. The number of hydrogen-bond donors (Lipinski definition) is 3. The van der Waals surface area contributed by atoms with Crippen LogP contribution in [0.25, 0.3) is 0 Å². The number of aryl methyl sites for hydroxylation is 1. The summed E-state index contributed by atoms with van der Waals surface area (Å²) in [4.78, 5) is 16.3. The van der Waals surface area contributed by atoms with Crippen molar-refractivity contribution >= 4 is 35.8 Å². The molecule has 2 aromatic rings. The van der Waals surface area contributed by atoms with Gasteiger partial charge in [-0.15, -0.1) is 24.0 Å². The first-order valence-corrected chi connectivity index (χ1v) is 9.60. The molecule has 0 unspecified atom stereocenters. The van der Waals surface area contributed by atoms with Gasteiger partial charge in [0.15, 0.2) is 5.96 Å². The molecule has 158 valence electrons. The van der Waals surface area contributed by atoms with E-state index in [2.05, 4.69) is 20.9 Å². The Labute approximate surface area is 189 Å². The number of nitrogens with zero attached hydrogens (tertiary/aromatic N) is 1. The topological polar surface area (TPSA) is 65.5 Å². The highest BCUT2D eigenvalue weighted by atomic mass is 127. The van der Waals surface area contributed by atoms with E-state index in [1.807, 2.05) is 44.2 Å². The van der Waals surface area contributed by atoms with Gasteiger partial charge < -0.3 is 16.0 Å². The quantitative estimate of drug-likeness (QED) is 0.287. The zero-order chi connectivity index (χ0) is 20.4. The van der Waals surface area contributed by atoms with Crippen molar-refractivity contribution < 1.29 is 9.18 Å². The zero-order valence-corrected chi connectivity index (χ0v) is 19.5. The molecule has 0 aliphatic rings. The number of guanidine groups is 1. The third kappa shape index (κ3) is 8.39. The minimum Gasteiger partial charge on any atom is -0.356 e. The van der Waals surface area contributed by atoms with E-state index in [-0.39, 0.29) is 35.7 Å². The van der Waals surface area contributed by atoms with Gasteiger partial charge >= 0.3 is 0 Å². The molecule has 0 radical (unpaired) electrons. The molecule has 0 saturated heterocycles. The number of carbonyl (C=O) groups is 1. The van der Waals surface area contributed by atoms with Gasteiger partial charge in [0.1, 0.15) is 5.82 Å². The van der Waals surface area contributed by atoms with E-state index < -0.39 is 0 Å². The number of rotatable bonds is 8. The van der Waals surface area contributed by atoms with Gasteiger partial charge in [0.05, 0.1) is 0 Å². The van der Waals surface area contributed by atoms with Crippen molar-refractivity contribution in [2.75, 3.05) is 20.1 Å². The van der Waals surface area contributed by atoms with Gasteiger partial charge in [0.2, 0.25) is 0 Å². The Morgan fingerprint density at radius 3 is 2.55 bits per heavy atom. The molecular formula is C22H30FIN4O. The van der Waals surface area contributed by atoms with Gasteiger partial charge in [-0.1, -0.05) is 25.1 Å². The van der Waals surface area contributed by atoms with E-state index in [0.717, 1.165) is 29.5 Å². The van der Waals surface area contributed by atoms with Crippen LogP contribution >= 0.6 is 24.0 Å². The van der Waals surface area contributed by atoms with Crippen LogP contribution in [0.3, 0.4) is 0 Å². The smallest absolute Gasteiger partial charge is 0.251 e. The van der Waals surface area contributed by atoms with Crippen molar-refractivity contribution in [3.63, 3.8) is 0 Å². The van der Waals surface area contributed by atoms with Gasteiger partial charge in [-0.05, 0) is 60.7 Å². The molecule has 0 aliphatic heterocycles. The lowest BCUT2D eigenvalue weighted by Crippen LogP contribution is -2.38. The second kappa shape index (κ2) is 13.1. The number of benzene rings is 2. The SMILES string of the molecule is CCCNC(=O)c1cccc(CNC(=NC)NCCc2ccc(F)cc2C)c1.I. The summed E-state index contributed by atoms with van der Waals surface area (Å²) in [6, 6.07) is 12.4. The molecule has 0 aliphatic carbocycles. The monoisotopic (exact) mass is 512 g/mol. The summed E-state index contributed by atoms with van der Waals surface area (Å²) in [6.45, 7) is 5.85. The second-order valence-electron chi connectivity index (χ2n) is 6.63. The van der Waals surface area contributed by atoms with Gasteiger partial charge in [0.25, 0.3) is 5.91 Å². The highest BCUT2D eigenvalue weighted by molar-refractivity contribution is 14.0. The Hall–Kier alpha value is -2.16. The molecule has 7 heteroatoms. The van der Waals surface area contributed by atoms with Gasteiger partial charge in [-0.2, -0.15) is 0 Å². The molecule has 0 heterocycles.